The molecule has 84 valence electrons. The Hall–Kier alpha value is -0.430. The van der Waals surface area contributed by atoms with Gasteiger partial charge in [0.25, 0.3) is 0 Å². The minimum atomic E-state index is -0.717. The first-order valence-electron chi connectivity index (χ1n) is 4.72. The Morgan fingerprint density at radius 1 is 1.47 bits per heavy atom. The molecule has 1 saturated heterocycles. The van der Waals surface area contributed by atoms with Crippen LogP contribution < -0.4 is 5.32 Å². The summed E-state index contributed by atoms with van der Waals surface area (Å²) < 4.78 is 13.0. The highest BCUT2D eigenvalue weighted by Gasteiger charge is 2.29. The molecule has 0 spiro atoms. The molecule has 2 rings (SSSR count). The SMILES string of the molecule is OC1(CNc2nsnc2Cl)CCOCC1. The Bertz CT molecular complexity index is 327. The van der Waals surface area contributed by atoms with Crippen LogP contribution in [0.25, 0.3) is 0 Å². The number of aliphatic hydroxyl groups is 1. The fourth-order valence-corrected chi connectivity index (χ4v) is 2.14. The van der Waals surface area contributed by atoms with Crippen molar-refractivity contribution in [3.8, 4) is 0 Å². The molecule has 0 aromatic carbocycles. The number of hydrogen-bond donors (Lipinski definition) is 2. The maximum absolute atomic E-state index is 10.1. The molecule has 5 nitrogen and oxygen atoms in total. The van der Waals surface area contributed by atoms with E-state index in [9.17, 15) is 5.11 Å². The van der Waals surface area contributed by atoms with E-state index < -0.39 is 5.60 Å². The largest absolute Gasteiger partial charge is 0.388 e. The van der Waals surface area contributed by atoms with Gasteiger partial charge < -0.3 is 15.2 Å². The molecule has 2 N–H and O–H groups in total. The van der Waals surface area contributed by atoms with Crippen LogP contribution in [0.3, 0.4) is 0 Å². The molecule has 1 aromatic heterocycles. The van der Waals surface area contributed by atoms with Crippen LogP contribution >= 0.6 is 23.3 Å². The summed E-state index contributed by atoms with van der Waals surface area (Å²) in [6.07, 6.45) is 1.27. The van der Waals surface area contributed by atoms with Gasteiger partial charge in [0.15, 0.2) is 11.0 Å². The second-order valence-electron chi connectivity index (χ2n) is 3.59. The van der Waals surface area contributed by atoms with Crippen molar-refractivity contribution in [2.24, 2.45) is 0 Å². The summed E-state index contributed by atoms with van der Waals surface area (Å²) in [4.78, 5) is 0. The zero-order valence-electron chi connectivity index (χ0n) is 8.07. The third kappa shape index (κ3) is 2.78. The van der Waals surface area contributed by atoms with Crippen LogP contribution in [0.5, 0.6) is 0 Å². The smallest absolute Gasteiger partial charge is 0.186 e. The van der Waals surface area contributed by atoms with Crippen molar-refractivity contribution < 1.29 is 9.84 Å². The summed E-state index contributed by atoms with van der Waals surface area (Å²) in [5.41, 5.74) is -0.717. The normalized spacial score (nSPS) is 20.1. The summed E-state index contributed by atoms with van der Waals surface area (Å²) in [7, 11) is 0. The second-order valence-corrected chi connectivity index (χ2v) is 4.48. The second kappa shape index (κ2) is 4.61. The van der Waals surface area contributed by atoms with Crippen molar-refractivity contribution in [2.45, 2.75) is 18.4 Å². The van der Waals surface area contributed by atoms with E-state index in [0.29, 0.717) is 43.6 Å². The van der Waals surface area contributed by atoms with Gasteiger partial charge in [-0.1, -0.05) is 11.6 Å². The number of rotatable bonds is 3. The average Bonchev–Trinajstić information content (AvgIpc) is 2.62. The number of nitrogens with one attached hydrogen (secondary N) is 1. The molecule has 1 aliphatic rings. The summed E-state index contributed by atoms with van der Waals surface area (Å²) >= 11 is 6.82. The number of ether oxygens (including phenoxy) is 1. The van der Waals surface area contributed by atoms with Crippen LogP contribution in [-0.4, -0.2) is 39.2 Å². The number of aromatic nitrogens is 2. The van der Waals surface area contributed by atoms with Gasteiger partial charge in [0.1, 0.15) is 0 Å². The van der Waals surface area contributed by atoms with Crippen LogP contribution in [0.1, 0.15) is 12.8 Å². The molecule has 2 heterocycles. The molecule has 0 atom stereocenters. The highest BCUT2D eigenvalue weighted by Crippen LogP contribution is 2.23. The molecule has 0 amide bonds. The molecular formula is C8H12ClN3O2S. The van der Waals surface area contributed by atoms with Gasteiger partial charge in [-0.05, 0) is 0 Å². The van der Waals surface area contributed by atoms with Crippen molar-refractivity contribution in [2.75, 3.05) is 25.1 Å². The summed E-state index contributed by atoms with van der Waals surface area (Å²) in [5, 5.41) is 13.5. The number of halogens is 1. The monoisotopic (exact) mass is 249 g/mol. The van der Waals surface area contributed by atoms with Crippen molar-refractivity contribution in [1.29, 1.82) is 0 Å². The van der Waals surface area contributed by atoms with Crippen LogP contribution in [0.4, 0.5) is 5.82 Å². The number of nitrogens with zero attached hydrogens (tertiary/aromatic N) is 2. The van der Waals surface area contributed by atoms with E-state index in [1.807, 2.05) is 0 Å². The van der Waals surface area contributed by atoms with Crippen LogP contribution in [0.2, 0.25) is 5.15 Å². The molecule has 0 radical (unpaired) electrons. The van der Waals surface area contributed by atoms with Gasteiger partial charge in [-0.25, -0.2) is 0 Å². The van der Waals surface area contributed by atoms with Gasteiger partial charge in [-0.15, -0.1) is 0 Å². The average molecular weight is 250 g/mol. The van der Waals surface area contributed by atoms with E-state index in [2.05, 4.69) is 14.1 Å². The Balaban J connectivity index is 1.89. The van der Waals surface area contributed by atoms with Crippen LogP contribution in [0.15, 0.2) is 0 Å². The zero-order valence-corrected chi connectivity index (χ0v) is 9.64. The third-order valence-electron chi connectivity index (χ3n) is 2.46. The molecule has 0 unspecified atom stereocenters. The van der Waals surface area contributed by atoms with E-state index in [4.69, 9.17) is 16.3 Å². The Morgan fingerprint density at radius 2 is 2.20 bits per heavy atom. The highest BCUT2D eigenvalue weighted by atomic mass is 35.5. The fraction of sp³-hybridized carbons (Fsp3) is 0.750. The Labute approximate surface area is 96.7 Å². The predicted molar refractivity (Wildman–Crippen MR) is 58.4 cm³/mol. The summed E-state index contributed by atoms with van der Waals surface area (Å²) in [6.45, 7) is 1.63. The first kappa shape index (κ1) is 11.1. The molecule has 15 heavy (non-hydrogen) atoms. The van der Waals surface area contributed by atoms with Gasteiger partial charge in [-0.2, -0.15) is 8.75 Å². The standard InChI is InChI=1S/C8H12ClN3O2S/c9-6-7(12-15-11-6)10-5-8(13)1-3-14-4-2-8/h13H,1-5H2,(H,10,12). The van der Waals surface area contributed by atoms with E-state index in [0.717, 1.165) is 11.7 Å². The van der Waals surface area contributed by atoms with Gasteiger partial charge in [0, 0.05) is 32.6 Å². The zero-order chi connectivity index (χ0) is 10.7. The Kier molecular flexibility index (Phi) is 3.40. The van der Waals surface area contributed by atoms with Crippen LogP contribution in [-0.2, 0) is 4.74 Å². The summed E-state index contributed by atoms with van der Waals surface area (Å²) in [5.74, 6) is 0.543. The lowest BCUT2D eigenvalue weighted by Crippen LogP contribution is -2.42. The number of anilines is 1. The molecular weight excluding hydrogens is 238 g/mol. The lowest BCUT2D eigenvalue weighted by atomic mass is 9.94. The molecule has 1 aromatic rings. The topological polar surface area (TPSA) is 67.3 Å². The highest BCUT2D eigenvalue weighted by molar-refractivity contribution is 6.99. The third-order valence-corrected chi connectivity index (χ3v) is 3.35. The van der Waals surface area contributed by atoms with E-state index >= 15 is 0 Å². The van der Waals surface area contributed by atoms with Crippen molar-refractivity contribution >= 4 is 29.1 Å². The molecule has 1 fully saturated rings. The summed E-state index contributed by atoms with van der Waals surface area (Å²) in [6, 6.07) is 0. The van der Waals surface area contributed by atoms with E-state index in [1.165, 1.54) is 0 Å². The minimum Gasteiger partial charge on any atom is -0.388 e. The lowest BCUT2D eigenvalue weighted by molar-refractivity contribution is -0.0543. The van der Waals surface area contributed by atoms with Crippen molar-refractivity contribution in [1.82, 2.24) is 8.75 Å². The van der Waals surface area contributed by atoms with Gasteiger partial charge in [-0.3, -0.25) is 0 Å². The van der Waals surface area contributed by atoms with Crippen molar-refractivity contribution in [3.63, 3.8) is 0 Å². The lowest BCUT2D eigenvalue weighted by Gasteiger charge is -2.32. The molecule has 0 saturated carbocycles. The first-order chi connectivity index (χ1) is 7.20. The van der Waals surface area contributed by atoms with Gasteiger partial charge in [0.05, 0.1) is 17.3 Å². The minimum absolute atomic E-state index is 0.357. The quantitative estimate of drug-likeness (QED) is 0.841. The van der Waals surface area contributed by atoms with E-state index in [-0.39, 0.29) is 0 Å². The van der Waals surface area contributed by atoms with E-state index in [1.54, 1.807) is 0 Å². The fourth-order valence-electron chi connectivity index (χ4n) is 1.46. The molecule has 7 heteroatoms. The number of hydrogen-bond acceptors (Lipinski definition) is 6. The maximum Gasteiger partial charge on any atom is 0.186 e. The molecule has 0 aliphatic carbocycles. The maximum atomic E-state index is 10.1. The van der Waals surface area contributed by atoms with Gasteiger partial charge in [0.2, 0.25) is 0 Å². The van der Waals surface area contributed by atoms with Crippen molar-refractivity contribution in [3.05, 3.63) is 5.15 Å². The molecule has 1 aliphatic heterocycles. The predicted octanol–water partition coefficient (Wildman–Crippen LogP) is 1.14. The first-order valence-corrected chi connectivity index (χ1v) is 5.82. The Morgan fingerprint density at radius 3 is 2.80 bits per heavy atom. The van der Waals surface area contributed by atoms with Crippen LogP contribution in [0, 0.1) is 0 Å². The molecule has 0 bridgehead atoms. The van der Waals surface area contributed by atoms with Gasteiger partial charge >= 0.3 is 0 Å².